The van der Waals surface area contributed by atoms with E-state index in [1.54, 1.807) is 11.3 Å². The van der Waals surface area contributed by atoms with Crippen molar-refractivity contribution >= 4 is 11.3 Å². The SMILES string of the molecule is CCOCCCNCCc1nccs1. The van der Waals surface area contributed by atoms with Gasteiger partial charge in [0.15, 0.2) is 0 Å². The molecule has 1 rings (SSSR count). The minimum absolute atomic E-state index is 0.819. The van der Waals surface area contributed by atoms with Crippen LogP contribution in [0.25, 0.3) is 0 Å². The van der Waals surface area contributed by atoms with E-state index in [2.05, 4.69) is 10.3 Å². The molecule has 0 spiro atoms. The molecule has 0 radical (unpaired) electrons. The van der Waals surface area contributed by atoms with E-state index in [-0.39, 0.29) is 0 Å². The molecule has 14 heavy (non-hydrogen) atoms. The lowest BCUT2D eigenvalue weighted by molar-refractivity contribution is 0.145. The van der Waals surface area contributed by atoms with Crippen molar-refractivity contribution < 1.29 is 4.74 Å². The summed E-state index contributed by atoms with van der Waals surface area (Å²) in [7, 11) is 0. The van der Waals surface area contributed by atoms with Crippen LogP contribution in [0.15, 0.2) is 11.6 Å². The Hall–Kier alpha value is -0.450. The fraction of sp³-hybridized carbons (Fsp3) is 0.700. The van der Waals surface area contributed by atoms with Crippen LogP contribution in [0.3, 0.4) is 0 Å². The van der Waals surface area contributed by atoms with E-state index >= 15 is 0 Å². The lowest BCUT2D eigenvalue weighted by Gasteiger charge is -2.03. The van der Waals surface area contributed by atoms with Crippen LogP contribution in [-0.4, -0.2) is 31.3 Å². The van der Waals surface area contributed by atoms with E-state index < -0.39 is 0 Å². The lowest BCUT2D eigenvalue weighted by Crippen LogP contribution is -2.19. The van der Waals surface area contributed by atoms with Crippen molar-refractivity contribution in [2.45, 2.75) is 19.8 Å². The number of nitrogens with zero attached hydrogens (tertiary/aromatic N) is 1. The van der Waals surface area contributed by atoms with E-state index in [0.717, 1.165) is 39.1 Å². The smallest absolute Gasteiger partial charge is 0.0937 e. The second-order valence-corrected chi connectivity index (χ2v) is 3.96. The number of hydrogen-bond acceptors (Lipinski definition) is 4. The van der Waals surface area contributed by atoms with Crippen LogP contribution in [0.4, 0.5) is 0 Å². The maximum atomic E-state index is 5.24. The number of ether oxygens (including phenoxy) is 1. The Kier molecular flexibility index (Phi) is 6.57. The summed E-state index contributed by atoms with van der Waals surface area (Å²) >= 11 is 1.72. The second-order valence-electron chi connectivity index (χ2n) is 2.98. The van der Waals surface area contributed by atoms with Gasteiger partial charge in [-0.3, -0.25) is 0 Å². The van der Waals surface area contributed by atoms with E-state index in [1.807, 2.05) is 18.5 Å². The van der Waals surface area contributed by atoms with Crippen LogP contribution in [-0.2, 0) is 11.2 Å². The number of hydrogen-bond donors (Lipinski definition) is 1. The highest BCUT2D eigenvalue weighted by Crippen LogP contribution is 2.03. The fourth-order valence-electron chi connectivity index (χ4n) is 1.14. The zero-order chi connectivity index (χ0) is 10.1. The first-order valence-electron chi connectivity index (χ1n) is 5.10. The Bertz CT molecular complexity index is 214. The van der Waals surface area contributed by atoms with Gasteiger partial charge in [-0.1, -0.05) is 0 Å². The standard InChI is InChI=1S/C10H18N2OS/c1-2-13-8-3-5-11-6-4-10-12-7-9-14-10/h7,9,11H,2-6,8H2,1H3. The van der Waals surface area contributed by atoms with Gasteiger partial charge >= 0.3 is 0 Å². The summed E-state index contributed by atoms with van der Waals surface area (Å²) in [6.07, 6.45) is 3.98. The summed E-state index contributed by atoms with van der Waals surface area (Å²) in [6, 6.07) is 0. The first-order valence-corrected chi connectivity index (χ1v) is 5.98. The molecule has 0 aliphatic heterocycles. The van der Waals surface area contributed by atoms with E-state index in [1.165, 1.54) is 5.01 Å². The third-order valence-electron chi connectivity index (χ3n) is 1.85. The Morgan fingerprint density at radius 1 is 1.50 bits per heavy atom. The second kappa shape index (κ2) is 7.91. The molecule has 0 aliphatic carbocycles. The first-order chi connectivity index (χ1) is 6.93. The molecule has 1 aromatic heterocycles. The molecule has 1 heterocycles. The maximum Gasteiger partial charge on any atom is 0.0937 e. The van der Waals surface area contributed by atoms with Gasteiger partial charge in [0.05, 0.1) is 5.01 Å². The predicted molar refractivity (Wildman–Crippen MR) is 59.8 cm³/mol. The molecule has 1 N–H and O–H groups in total. The third-order valence-corrected chi connectivity index (χ3v) is 2.68. The van der Waals surface area contributed by atoms with Crippen molar-refractivity contribution in [1.29, 1.82) is 0 Å². The van der Waals surface area contributed by atoms with Crippen molar-refractivity contribution in [1.82, 2.24) is 10.3 Å². The highest BCUT2D eigenvalue weighted by molar-refractivity contribution is 7.09. The van der Waals surface area contributed by atoms with Gasteiger partial charge in [0.25, 0.3) is 0 Å². The van der Waals surface area contributed by atoms with Crippen LogP contribution in [0.5, 0.6) is 0 Å². The normalized spacial score (nSPS) is 10.6. The molecule has 80 valence electrons. The summed E-state index contributed by atoms with van der Waals surface area (Å²) in [4.78, 5) is 4.22. The summed E-state index contributed by atoms with van der Waals surface area (Å²) in [5.41, 5.74) is 0. The average molecular weight is 214 g/mol. The fourth-order valence-corrected chi connectivity index (χ4v) is 1.76. The molecule has 3 nitrogen and oxygen atoms in total. The number of thiazole rings is 1. The van der Waals surface area contributed by atoms with Crippen molar-refractivity contribution in [3.63, 3.8) is 0 Å². The van der Waals surface area contributed by atoms with Gasteiger partial charge in [-0.25, -0.2) is 4.98 Å². The van der Waals surface area contributed by atoms with E-state index in [9.17, 15) is 0 Å². The monoisotopic (exact) mass is 214 g/mol. The molecule has 0 unspecified atom stereocenters. The highest BCUT2D eigenvalue weighted by atomic mass is 32.1. The molecule has 0 aromatic carbocycles. The maximum absolute atomic E-state index is 5.24. The predicted octanol–water partition coefficient (Wildman–Crippen LogP) is 1.70. The molecule has 4 heteroatoms. The average Bonchev–Trinajstić information content (AvgIpc) is 2.69. The summed E-state index contributed by atoms with van der Waals surface area (Å²) in [5.74, 6) is 0. The van der Waals surface area contributed by atoms with Crippen LogP contribution in [0, 0.1) is 0 Å². The van der Waals surface area contributed by atoms with Gasteiger partial charge in [-0.15, -0.1) is 11.3 Å². The van der Waals surface area contributed by atoms with Gasteiger partial charge in [0, 0.05) is 37.8 Å². The Balaban J connectivity index is 1.85. The number of nitrogens with one attached hydrogen (secondary N) is 1. The summed E-state index contributed by atoms with van der Waals surface area (Å²) < 4.78 is 5.24. The molecular formula is C10H18N2OS. The van der Waals surface area contributed by atoms with Gasteiger partial charge in [0.2, 0.25) is 0 Å². The molecule has 0 amide bonds. The van der Waals surface area contributed by atoms with Gasteiger partial charge in [-0.05, 0) is 19.9 Å². The molecule has 0 saturated heterocycles. The van der Waals surface area contributed by atoms with Crippen molar-refractivity contribution in [3.05, 3.63) is 16.6 Å². The molecule has 0 saturated carbocycles. The molecule has 1 aromatic rings. The van der Waals surface area contributed by atoms with Gasteiger partial charge < -0.3 is 10.1 Å². The minimum Gasteiger partial charge on any atom is -0.382 e. The molecule has 0 fully saturated rings. The zero-order valence-electron chi connectivity index (χ0n) is 8.66. The van der Waals surface area contributed by atoms with Crippen LogP contribution >= 0.6 is 11.3 Å². The largest absolute Gasteiger partial charge is 0.382 e. The Morgan fingerprint density at radius 2 is 2.43 bits per heavy atom. The quantitative estimate of drug-likeness (QED) is 0.669. The Labute approximate surface area is 89.5 Å². The van der Waals surface area contributed by atoms with Crippen LogP contribution in [0.2, 0.25) is 0 Å². The van der Waals surface area contributed by atoms with Crippen molar-refractivity contribution in [2.75, 3.05) is 26.3 Å². The molecule has 0 bridgehead atoms. The van der Waals surface area contributed by atoms with E-state index in [0.29, 0.717) is 0 Å². The summed E-state index contributed by atoms with van der Waals surface area (Å²) in [6.45, 7) is 5.75. The van der Waals surface area contributed by atoms with E-state index in [4.69, 9.17) is 4.74 Å². The Morgan fingerprint density at radius 3 is 3.14 bits per heavy atom. The van der Waals surface area contributed by atoms with Gasteiger partial charge in [-0.2, -0.15) is 0 Å². The number of aromatic nitrogens is 1. The third kappa shape index (κ3) is 5.32. The highest BCUT2D eigenvalue weighted by Gasteiger charge is 1.94. The first kappa shape index (κ1) is 11.6. The number of rotatable bonds is 8. The van der Waals surface area contributed by atoms with Crippen molar-refractivity contribution in [3.8, 4) is 0 Å². The van der Waals surface area contributed by atoms with Crippen LogP contribution < -0.4 is 5.32 Å². The zero-order valence-corrected chi connectivity index (χ0v) is 9.48. The topological polar surface area (TPSA) is 34.1 Å². The summed E-state index contributed by atoms with van der Waals surface area (Å²) in [5, 5.41) is 6.60. The molecule has 0 atom stereocenters. The van der Waals surface area contributed by atoms with Gasteiger partial charge in [0.1, 0.15) is 0 Å². The van der Waals surface area contributed by atoms with Crippen molar-refractivity contribution in [2.24, 2.45) is 0 Å². The molecular weight excluding hydrogens is 196 g/mol. The minimum atomic E-state index is 0.819. The lowest BCUT2D eigenvalue weighted by atomic mass is 10.4. The van der Waals surface area contributed by atoms with Crippen LogP contribution in [0.1, 0.15) is 18.4 Å². The molecule has 0 aliphatic rings.